The van der Waals surface area contributed by atoms with Crippen LogP contribution in [0.4, 0.5) is 4.79 Å². The van der Waals surface area contributed by atoms with Crippen molar-refractivity contribution in [1.82, 2.24) is 20.0 Å². The Hall–Kier alpha value is -1.63. The van der Waals surface area contributed by atoms with Gasteiger partial charge in [-0.15, -0.1) is 0 Å². The van der Waals surface area contributed by atoms with E-state index < -0.39 is 43.6 Å². The van der Waals surface area contributed by atoms with Gasteiger partial charge < -0.3 is 44.7 Å². The fourth-order valence-corrected chi connectivity index (χ4v) is 2.07. The SMILES string of the molecule is CNC(=O)N(C[C-]=O)CCN(CCN(CC(=O)[O-])CC(=O)[O-])CC(=O)[O-].[Y]. The molecule has 0 heterocycles. The summed E-state index contributed by atoms with van der Waals surface area (Å²) in [5, 5.41) is 34.4. The average Bonchev–Trinajstić information content (AvgIpc) is 2.53. The topological polar surface area (TPSA) is 176 Å². The van der Waals surface area contributed by atoms with Crippen molar-refractivity contribution in [1.29, 1.82) is 0 Å². The van der Waals surface area contributed by atoms with Crippen LogP contribution in [0.15, 0.2) is 0 Å². The molecule has 151 valence electrons. The van der Waals surface area contributed by atoms with Crippen LogP contribution in [-0.2, 0) is 51.9 Å². The number of carboxylic acid groups (broad SMARTS) is 3. The van der Waals surface area contributed by atoms with E-state index in [2.05, 4.69) is 5.32 Å². The number of carboxylic acids is 3. The third kappa shape index (κ3) is 14.1. The van der Waals surface area contributed by atoms with Crippen molar-refractivity contribution in [3.8, 4) is 0 Å². The molecule has 0 fully saturated rings. The van der Waals surface area contributed by atoms with Crippen LogP contribution < -0.4 is 20.6 Å². The van der Waals surface area contributed by atoms with Gasteiger partial charge in [0.1, 0.15) is 0 Å². The number of nitrogens with one attached hydrogen (secondary N) is 1. The Morgan fingerprint density at radius 3 is 1.63 bits per heavy atom. The van der Waals surface area contributed by atoms with E-state index in [-0.39, 0.29) is 65.4 Å². The third-order valence-electron chi connectivity index (χ3n) is 3.23. The Bertz CT molecular complexity index is 503. The molecule has 0 aromatic carbocycles. The molecule has 27 heavy (non-hydrogen) atoms. The molecule has 0 aromatic heterocycles. The van der Waals surface area contributed by atoms with E-state index in [1.54, 1.807) is 6.29 Å². The molecule has 0 aromatic rings. The minimum atomic E-state index is -1.50. The van der Waals surface area contributed by atoms with E-state index in [0.29, 0.717) is 0 Å². The van der Waals surface area contributed by atoms with Crippen LogP contribution in [0.1, 0.15) is 0 Å². The molecule has 0 rings (SSSR count). The first kappa shape index (κ1) is 27.6. The number of rotatable bonds is 14. The molecule has 0 spiro atoms. The molecule has 0 aliphatic rings. The Morgan fingerprint density at radius 1 is 0.815 bits per heavy atom. The van der Waals surface area contributed by atoms with Crippen LogP contribution in [0.5, 0.6) is 0 Å². The Kier molecular flexibility index (Phi) is 15.8. The molecule has 2 amide bonds. The molecule has 0 atom stereocenters. The molecule has 0 bridgehead atoms. The van der Waals surface area contributed by atoms with E-state index in [1.807, 2.05) is 0 Å². The maximum absolute atomic E-state index is 11.6. The molecule has 1 radical (unpaired) electrons. The summed E-state index contributed by atoms with van der Waals surface area (Å²) in [6, 6.07) is -0.558. The number of aliphatic carboxylic acids is 3. The molecule has 0 unspecified atom stereocenters. The van der Waals surface area contributed by atoms with Crippen molar-refractivity contribution in [3.05, 3.63) is 0 Å². The summed E-state index contributed by atoms with van der Waals surface area (Å²) in [6.07, 6.45) is 1.56. The molecule has 0 aliphatic carbocycles. The maximum Gasteiger partial charge on any atom is 0.314 e. The second-order valence-electron chi connectivity index (χ2n) is 5.22. The number of urea groups is 1. The van der Waals surface area contributed by atoms with E-state index in [9.17, 15) is 39.3 Å². The van der Waals surface area contributed by atoms with Gasteiger partial charge in [-0.05, 0) is 0 Å². The molecule has 0 saturated heterocycles. The van der Waals surface area contributed by atoms with Crippen molar-refractivity contribution < 1.29 is 72.0 Å². The van der Waals surface area contributed by atoms with Gasteiger partial charge >= 0.3 is 6.03 Å². The smallest absolute Gasteiger partial charge is 0.314 e. The maximum atomic E-state index is 11.6. The van der Waals surface area contributed by atoms with Gasteiger partial charge in [0.15, 0.2) is 0 Å². The normalized spacial score (nSPS) is 10.2. The predicted octanol–water partition coefficient (Wildman–Crippen LogP) is -6.41. The van der Waals surface area contributed by atoms with Crippen molar-refractivity contribution in [2.24, 2.45) is 0 Å². The molecular weight excluding hydrogens is 441 g/mol. The van der Waals surface area contributed by atoms with Gasteiger partial charge in [0.25, 0.3) is 0 Å². The minimum Gasteiger partial charge on any atom is -0.549 e. The van der Waals surface area contributed by atoms with Crippen molar-refractivity contribution in [2.45, 2.75) is 0 Å². The molecule has 1 N–H and O–H groups in total. The van der Waals surface area contributed by atoms with E-state index in [4.69, 9.17) is 0 Å². The molecule has 13 heteroatoms. The minimum absolute atomic E-state index is 0. The first-order valence-corrected chi connectivity index (χ1v) is 7.55. The van der Waals surface area contributed by atoms with Crippen molar-refractivity contribution in [2.75, 3.05) is 59.4 Å². The Balaban J connectivity index is 0. The van der Waals surface area contributed by atoms with Crippen molar-refractivity contribution >= 4 is 30.2 Å². The number of carbonyl (C=O) groups excluding carboxylic acids is 5. The molecule has 12 nitrogen and oxygen atoms in total. The first-order chi connectivity index (χ1) is 12.2. The summed E-state index contributed by atoms with van der Waals surface area (Å²) < 4.78 is 0. The van der Waals surface area contributed by atoms with Gasteiger partial charge in [0.2, 0.25) is 0 Å². The van der Waals surface area contributed by atoms with Crippen LogP contribution in [0.25, 0.3) is 0 Å². The fourth-order valence-electron chi connectivity index (χ4n) is 2.07. The van der Waals surface area contributed by atoms with E-state index in [0.717, 1.165) is 9.80 Å². The van der Waals surface area contributed by atoms with Gasteiger partial charge in [-0.2, -0.15) is 0 Å². The zero-order chi connectivity index (χ0) is 20.1. The second-order valence-corrected chi connectivity index (χ2v) is 5.22. The quantitative estimate of drug-likeness (QED) is 0.245. The summed E-state index contributed by atoms with van der Waals surface area (Å²) >= 11 is 0. The monoisotopic (exact) mass is 461 g/mol. The largest absolute Gasteiger partial charge is 0.549 e. The van der Waals surface area contributed by atoms with Gasteiger partial charge in [0, 0.05) is 85.6 Å². The fraction of sp³-hybridized carbons (Fsp3) is 0.643. The average molecular weight is 461 g/mol. The summed E-state index contributed by atoms with van der Waals surface area (Å²) in [5.41, 5.74) is 0. The number of hydrogen-bond acceptors (Lipinski definition) is 10. The Morgan fingerprint density at radius 2 is 1.22 bits per heavy atom. The number of amides is 2. The number of carbonyl (C=O) groups is 4. The predicted molar refractivity (Wildman–Crippen MR) is 79.6 cm³/mol. The van der Waals surface area contributed by atoms with Gasteiger partial charge in [-0.1, -0.05) is 6.54 Å². The summed E-state index contributed by atoms with van der Waals surface area (Å²) in [6.45, 7) is -2.31. The molecule has 0 aliphatic heterocycles. The standard InChI is InChI=1S/C14H23N4O8.Y/c1-15-14(26)18(6-7-19)5-4-16(8-11(20)21)2-3-17(9-12(22)23)10-13(24)25;/h2-6,8-10H2,1H3,(H,15,26)(H,20,21)(H,22,23)(H,24,25);/q-1;/p-3. The van der Waals surface area contributed by atoms with E-state index in [1.165, 1.54) is 11.9 Å². The third-order valence-corrected chi connectivity index (χ3v) is 3.23. The Labute approximate surface area is 181 Å². The number of nitrogens with zero attached hydrogens (tertiary/aromatic N) is 3. The van der Waals surface area contributed by atoms with Crippen LogP contribution in [-0.4, -0.2) is 104 Å². The molecule has 0 saturated carbocycles. The zero-order valence-electron chi connectivity index (χ0n) is 14.8. The van der Waals surface area contributed by atoms with Crippen LogP contribution in [0.3, 0.4) is 0 Å². The van der Waals surface area contributed by atoms with E-state index >= 15 is 0 Å². The van der Waals surface area contributed by atoms with Gasteiger partial charge in [0.05, 0.1) is 17.9 Å². The first-order valence-electron chi connectivity index (χ1n) is 7.55. The van der Waals surface area contributed by atoms with Gasteiger partial charge in [-0.3, -0.25) is 9.80 Å². The summed E-state index contributed by atoms with van der Waals surface area (Å²) in [5.74, 6) is -4.40. The summed E-state index contributed by atoms with van der Waals surface area (Å²) in [7, 11) is 1.36. The zero-order valence-corrected chi connectivity index (χ0v) is 17.7. The van der Waals surface area contributed by atoms with Crippen LogP contribution >= 0.6 is 0 Å². The van der Waals surface area contributed by atoms with Crippen molar-refractivity contribution in [3.63, 3.8) is 0 Å². The van der Waals surface area contributed by atoms with Gasteiger partial charge in [-0.25, -0.2) is 11.1 Å². The molecular formula is C14H20N4O8Y-4. The number of hydrogen-bond donors (Lipinski definition) is 1. The summed E-state index contributed by atoms with van der Waals surface area (Å²) in [4.78, 5) is 57.6. The van der Waals surface area contributed by atoms with Crippen LogP contribution in [0.2, 0.25) is 0 Å². The van der Waals surface area contributed by atoms with Crippen LogP contribution in [0, 0.1) is 0 Å². The second kappa shape index (κ2) is 15.4.